The van der Waals surface area contributed by atoms with Crippen molar-refractivity contribution in [2.24, 2.45) is 5.41 Å². The number of alkyl halides is 6. The first-order valence-electron chi connectivity index (χ1n) is 11.1. The van der Waals surface area contributed by atoms with E-state index in [4.69, 9.17) is 4.74 Å². The Morgan fingerprint density at radius 3 is 2.09 bits per heavy atom. The third kappa shape index (κ3) is 6.19. The highest BCUT2D eigenvalue weighted by atomic mass is 19.4. The molecule has 0 aliphatic carbocycles. The lowest BCUT2D eigenvalue weighted by Gasteiger charge is -2.53. The minimum Gasteiger partial charge on any atom is -0.457 e. The van der Waals surface area contributed by atoms with Crippen molar-refractivity contribution in [2.45, 2.75) is 37.8 Å². The zero-order chi connectivity index (χ0) is 25.3. The Morgan fingerprint density at radius 2 is 1.49 bits per heavy atom. The van der Waals surface area contributed by atoms with E-state index in [1.165, 1.54) is 0 Å². The van der Waals surface area contributed by atoms with Crippen LogP contribution < -0.4 is 4.74 Å². The quantitative estimate of drug-likeness (QED) is 0.470. The molecule has 35 heavy (non-hydrogen) atoms. The highest BCUT2D eigenvalue weighted by molar-refractivity contribution is 5.69. The van der Waals surface area contributed by atoms with Gasteiger partial charge in [-0.3, -0.25) is 4.90 Å². The van der Waals surface area contributed by atoms with Crippen molar-refractivity contribution in [3.8, 4) is 11.5 Å². The van der Waals surface area contributed by atoms with Gasteiger partial charge in [0, 0.05) is 25.0 Å². The van der Waals surface area contributed by atoms with Gasteiger partial charge in [-0.25, -0.2) is 4.79 Å². The minimum absolute atomic E-state index is 0.0858. The molecule has 2 aromatic rings. The van der Waals surface area contributed by atoms with Crippen molar-refractivity contribution >= 4 is 6.09 Å². The lowest BCUT2D eigenvalue weighted by atomic mass is 9.72. The fraction of sp³-hybridized carbons (Fsp3) is 0.458. The largest absolute Gasteiger partial charge is 0.457 e. The first-order chi connectivity index (χ1) is 16.4. The number of rotatable bonds is 5. The molecule has 2 heterocycles. The average molecular weight is 502 g/mol. The summed E-state index contributed by atoms with van der Waals surface area (Å²) in [7, 11) is 0. The fourth-order valence-electron chi connectivity index (χ4n) is 4.48. The summed E-state index contributed by atoms with van der Waals surface area (Å²) in [5, 5.41) is 0. The predicted molar refractivity (Wildman–Crippen MR) is 114 cm³/mol. The maximum absolute atomic E-state index is 12.6. The lowest BCUT2D eigenvalue weighted by Crippen LogP contribution is -2.62. The van der Waals surface area contributed by atoms with E-state index in [2.05, 4.69) is 9.64 Å². The van der Waals surface area contributed by atoms with E-state index in [0.29, 0.717) is 38.2 Å². The summed E-state index contributed by atoms with van der Waals surface area (Å²) in [4.78, 5) is 15.0. The summed E-state index contributed by atoms with van der Waals surface area (Å²) in [6.45, 7) is 2.23. The number of hydrogen-bond acceptors (Lipinski definition) is 4. The van der Waals surface area contributed by atoms with E-state index in [1.54, 1.807) is 0 Å². The monoisotopic (exact) mass is 502 g/mol. The molecule has 0 radical (unpaired) electrons. The molecule has 2 aliphatic heterocycles. The number of benzene rings is 2. The molecular formula is C24H24F6N2O3. The standard InChI is InChI=1S/C24H24F6N2O3/c25-23(26,27)20(24(28,29)30)35-21(33)32-15-22(16-32)9-11-31(12-10-22)14-17-5-4-8-19(13-17)34-18-6-2-1-3-7-18/h1-8,13,20H,9-12,14-16H2. The SMILES string of the molecule is O=C(OC(C(F)(F)F)C(F)(F)F)N1CC2(CCN(Cc3cccc(Oc4ccccc4)c3)CC2)C1. The van der Waals surface area contributed by atoms with Crippen LogP contribution in [0.5, 0.6) is 11.5 Å². The van der Waals surface area contributed by atoms with Crippen molar-refractivity contribution in [3.63, 3.8) is 0 Å². The molecule has 0 aromatic heterocycles. The van der Waals surface area contributed by atoms with Crippen LogP contribution in [0.3, 0.4) is 0 Å². The Hall–Kier alpha value is -2.95. The van der Waals surface area contributed by atoms with Crippen molar-refractivity contribution in [1.29, 1.82) is 0 Å². The Bertz CT molecular complexity index is 998. The molecule has 1 spiro atoms. The smallest absolute Gasteiger partial charge is 0.434 e. The zero-order valence-electron chi connectivity index (χ0n) is 18.6. The molecule has 0 saturated carbocycles. The summed E-state index contributed by atoms with van der Waals surface area (Å²) < 4.78 is 85.5. The van der Waals surface area contributed by atoms with Crippen LogP contribution in [0.1, 0.15) is 18.4 Å². The molecule has 2 aliphatic rings. The topological polar surface area (TPSA) is 42.0 Å². The van der Waals surface area contributed by atoms with Crippen LogP contribution in [0.15, 0.2) is 54.6 Å². The summed E-state index contributed by atoms with van der Waals surface area (Å²) >= 11 is 0. The Morgan fingerprint density at radius 1 is 0.886 bits per heavy atom. The van der Waals surface area contributed by atoms with Gasteiger partial charge >= 0.3 is 18.4 Å². The van der Waals surface area contributed by atoms with Crippen molar-refractivity contribution in [1.82, 2.24) is 9.80 Å². The Labute approximate surface area is 198 Å². The zero-order valence-corrected chi connectivity index (χ0v) is 18.6. The van der Waals surface area contributed by atoms with Gasteiger partial charge in [0.1, 0.15) is 11.5 Å². The van der Waals surface area contributed by atoms with Crippen LogP contribution in [-0.4, -0.2) is 60.5 Å². The molecular weight excluding hydrogens is 478 g/mol. The van der Waals surface area contributed by atoms with Crippen LogP contribution in [-0.2, 0) is 11.3 Å². The molecule has 11 heteroatoms. The van der Waals surface area contributed by atoms with Gasteiger partial charge in [0.05, 0.1) is 0 Å². The van der Waals surface area contributed by atoms with E-state index in [-0.39, 0.29) is 18.5 Å². The third-order valence-corrected chi connectivity index (χ3v) is 6.32. The summed E-state index contributed by atoms with van der Waals surface area (Å²) in [5.41, 5.74) is 0.748. The van der Waals surface area contributed by atoms with Crippen LogP contribution in [0, 0.1) is 5.41 Å². The number of nitrogens with zero attached hydrogens (tertiary/aromatic N) is 2. The maximum atomic E-state index is 12.6. The number of halogens is 6. The molecule has 2 fully saturated rings. The van der Waals surface area contributed by atoms with Gasteiger partial charge in [-0.05, 0) is 55.8 Å². The van der Waals surface area contributed by atoms with E-state index < -0.39 is 24.5 Å². The van der Waals surface area contributed by atoms with Gasteiger partial charge < -0.3 is 14.4 Å². The number of carbonyl (C=O) groups excluding carboxylic acids is 1. The number of piperidine rings is 1. The first kappa shape index (κ1) is 25.2. The highest BCUT2D eigenvalue weighted by Crippen LogP contribution is 2.42. The van der Waals surface area contributed by atoms with Crippen LogP contribution >= 0.6 is 0 Å². The summed E-state index contributed by atoms with van der Waals surface area (Å²) in [5.74, 6) is 1.45. The number of ether oxygens (including phenoxy) is 2. The Balaban J connectivity index is 1.26. The molecule has 1 amide bonds. The van der Waals surface area contributed by atoms with Gasteiger partial charge in [0.25, 0.3) is 6.10 Å². The van der Waals surface area contributed by atoms with Crippen LogP contribution in [0.25, 0.3) is 0 Å². The van der Waals surface area contributed by atoms with Crippen molar-refractivity contribution in [3.05, 3.63) is 60.2 Å². The number of amides is 1. The van der Waals surface area contributed by atoms with Crippen molar-refractivity contribution in [2.75, 3.05) is 26.2 Å². The lowest BCUT2D eigenvalue weighted by molar-refractivity contribution is -0.309. The van der Waals surface area contributed by atoms with Gasteiger partial charge in [-0.2, -0.15) is 26.3 Å². The fourth-order valence-corrected chi connectivity index (χ4v) is 4.48. The molecule has 2 saturated heterocycles. The number of hydrogen-bond donors (Lipinski definition) is 0. The summed E-state index contributed by atoms with van der Waals surface area (Å²) in [6.07, 6.45) is -15.8. The molecule has 0 atom stereocenters. The summed E-state index contributed by atoms with van der Waals surface area (Å²) in [6, 6.07) is 17.1. The van der Waals surface area contributed by atoms with E-state index >= 15 is 0 Å². The molecule has 4 rings (SSSR count). The maximum Gasteiger partial charge on any atom is 0.434 e. The van der Waals surface area contributed by atoms with Crippen molar-refractivity contribution < 1.29 is 40.6 Å². The third-order valence-electron chi connectivity index (χ3n) is 6.32. The second kappa shape index (κ2) is 9.60. The minimum atomic E-state index is -5.72. The van der Waals surface area contributed by atoms with E-state index in [1.807, 2.05) is 54.6 Å². The van der Waals surface area contributed by atoms with Crippen LogP contribution in [0.2, 0.25) is 0 Å². The van der Waals surface area contributed by atoms with Gasteiger partial charge in [-0.1, -0.05) is 30.3 Å². The highest BCUT2D eigenvalue weighted by Gasteiger charge is 2.61. The Kier molecular flexibility index (Phi) is 6.90. The molecule has 0 bridgehead atoms. The van der Waals surface area contributed by atoms with E-state index in [9.17, 15) is 31.1 Å². The number of likely N-dealkylation sites (tertiary alicyclic amines) is 2. The number of carbonyl (C=O) groups is 1. The molecule has 190 valence electrons. The first-order valence-corrected chi connectivity index (χ1v) is 11.1. The molecule has 5 nitrogen and oxygen atoms in total. The second-order valence-corrected chi connectivity index (χ2v) is 9.04. The van der Waals surface area contributed by atoms with Gasteiger partial charge in [0.15, 0.2) is 0 Å². The second-order valence-electron chi connectivity index (χ2n) is 9.04. The van der Waals surface area contributed by atoms with Crippen LogP contribution in [0.4, 0.5) is 31.1 Å². The van der Waals surface area contributed by atoms with Gasteiger partial charge in [-0.15, -0.1) is 0 Å². The predicted octanol–water partition coefficient (Wildman–Crippen LogP) is 6.01. The van der Waals surface area contributed by atoms with E-state index in [0.717, 1.165) is 16.2 Å². The molecule has 0 unspecified atom stereocenters. The molecule has 0 N–H and O–H groups in total. The average Bonchev–Trinajstić information content (AvgIpc) is 2.76. The molecule has 2 aromatic carbocycles. The number of para-hydroxylation sites is 1. The normalized spacial score (nSPS) is 18.4. The van der Waals surface area contributed by atoms with Gasteiger partial charge in [0.2, 0.25) is 0 Å².